The Morgan fingerprint density at radius 1 is 0.328 bits per heavy atom. The van der Waals surface area contributed by atoms with Crippen molar-refractivity contribution >= 4 is 55.4 Å². The average Bonchev–Trinajstić information content (AvgIpc) is 3.82. The van der Waals surface area contributed by atoms with Crippen LogP contribution in [0.15, 0.2) is 216 Å². The van der Waals surface area contributed by atoms with Crippen LogP contribution < -0.4 is 0 Å². The van der Waals surface area contributed by atoms with Crippen LogP contribution in [0.25, 0.3) is 77.2 Å². The van der Waals surface area contributed by atoms with Gasteiger partial charge in [0.1, 0.15) is 0 Å². The van der Waals surface area contributed by atoms with Crippen LogP contribution in [0.3, 0.4) is 0 Å². The van der Waals surface area contributed by atoms with Crippen molar-refractivity contribution < 1.29 is 0 Å². The lowest BCUT2D eigenvalue weighted by Gasteiger charge is -2.45. The molecule has 2 aliphatic heterocycles. The fourth-order valence-corrected chi connectivity index (χ4v) is 11.5. The predicted molar refractivity (Wildman–Crippen MR) is 242 cm³/mol. The van der Waals surface area contributed by atoms with Gasteiger partial charge in [0.25, 0.3) is 0 Å². The molecule has 0 bridgehead atoms. The molecule has 0 saturated heterocycles. The summed E-state index contributed by atoms with van der Waals surface area (Å²) in [5, 5.41) is 5.15. The average molecular weight is 755 g/mol. The van der Waals surface area contributed by atoms with Crippen LogP contribution in [0.4, 0.5) is 0 Å². The van der Waals surface area contributed by atoms with E-state index in [9.17, 15) is 0 Å². The van der Waals surface area contributed by atoms with Gasteiger partial charge in [-0.15, -0.1) is 0 Å². The quantitative estimate of drug-likeness (QED) is 0.175. The Hall–Kier alpha value is -7.07. The molecule has 58 heavy (non-hydrogen) atoms. The Morgan fingerprint density at radius 2 is 0.810 bits per heavy atom. The molecule has 2 aromatic heterocycles. The maximum absolute atomic E-state index is 2.52. The summed E-state index contributed by atoms with van der Waals surface area (Å²) >= 11 is 1.90. The fourth-order valence-electron chi connectivity index (χ4n) is 10.4. The summed E-state index contributed by atoms with van der Waals surface area (Å²) in [7, 11) is 0. The maximum atomic E-state index is 2.52. The SMILES string of the molecule is c1ccc2c(c1)Sc1ccc(-c3ccc(-c4ccc(-n5c6ccccc6c6ccccc65)cc4)cc3)cc1C21c2ccccc2-n2c3ccccc3c3cccc1c32. The second-order valence-corrected chi connectivity index (χ2v) is 16.7. The van der Waals surface area contributed by atoms with Gasteiger partial charge < -0.3 is 9.13 Å². The number of nitrogens with zero attached hydrogens (tertiary/aromatic N) is 2. The molecule has 9 aromatic carbocycles. The van der Waals surface area contributed by atoms with Crippen molar-refractivity contribution in [1.29, 1.82) is 0 Å². The molecule has 0 saturated carbocycles. The highest BCUT2D eigenvalue weighted by Crippen LogP contribution is 2.60. The lowest BCUT2D eigenvalue weighted by atomic mass is 9.62. The maximum Gasteiger partial charge on any atom is 0.0764 e. The van der Waals surface area contributed by atoms with Gasteiger partial charge in [0, 0.05) is 37.0 Å². The Bertz CT molecular complexity index is 3420. The lowest BCUT2D eigenvalue weighted by molar-refractivity contribution is 0.690. The Morgan fingerprint density at radius 3 is 1.52 bits per heavy atom. The molecule has 0 radical (unpaired) electrons. The topological polar surface area (TPSA) is 9.86 Å². The smallest absolute Gasteiger partial charge is 0.0764 e. The highest BCUT2D eigenvalue weighted by Gasteiger charge is 2.49. The van der Waals surface area contributed by atoms with E-state index in [1.165, 1.54) is 109 Å². The van der Waals surface area contributed by atoms with Crippen LogP contribution in [0.5, 0.6) is 0 Å². The molecule has 11 aromatic rings. The first kappa shape index (κ1) is 32.1. The van der Waals surface area contributed by atoms with E-state index < -0.39 is 5.41 Å². The molecule has 4 heterocycles. The minimum atomic E-state index is -0.494. The summed E-state index contributed by atoms with van der Waals surface area (Å²) in [4.78, 5) is 2.62. The first-order chi connectivity index (χ1) is 28.8. The zero-order chi connectivity index (χ0) is 38.0. The van der Waals surface area contributed by atoms with Gasteiger partial charge in [0.05, 0.1) is 33.2 Å². The van der Waals surface area contributed by atoms with Gasteiger partial charge in [-0.1, -0.05) is 163 Å². The van der Waals surface area contributed by atoms with E-state index in [0.717, 1.165) is 0 Å². The van der Waals surface area contributed by atoms with E-state index in [1.54, 1.807) is 0 Å². The van der Waals surface area contributed by atoms with Gasteiger partial charge in [-0.2, -0.15) is 0 Å². The molecule has 0 fully saturated rings. The fraction of sp³-hybridized carbons (Fsp3) is 0.0182. The third-order valence-electron chi connectivity index (χ3n) is 12.8. The zero-order valence-electron chi connectivity index (χ0n) is 31.4. The zero-order valence-corrected chi connectivity index (χ0v) is 32.2. The second kappa shape index (κ2) is 12.0. The highest BCUT2D eigenvalue weighted by molar-refractivity contribution is 7.99. The molecule has 2 aliphatic rings. The molecule has 2 nitrogen and oxygen atoms in total. The second-order valence-electron chi connectivity index (χ2n) is 15.6. The van der Waals surface area contributed by atoms with E-state index in [2.05, 4.69) is 215 Å². The van der Waals surface area contributed by atoms with Crippen LogP contribution in [0.1, 0.15) is 22.3 Å². The van der Waals surface area contributed by atoms with Gasteiger partial charge >= 0.3 is 0 Å². The van der Waals surface area contributed by atoms with E-state index in [4.69, 9.17) is 0 Å². The molecule has 0 N–H and O–H groups in total. The molecule has 3 heteroatoms. The Labute approximate surface area is 340 Å². The van der Waals surface area contributed by atoms with Crippen LogP contribution >= 0.6 is 11.8 Å². The van der Waals surface area contributed by atoms with Crippen LogP contribution in [0.2, 0.25) is 0 Å². The van der Waals surface area contributed by atoms with Crippen LogP contribution in [0, 0.1) is 0 Å². The van der Waals surface area contributed by atoms with E-state index in [-0.39, 0.29) is 0 Å². The summed E-state index contributed by atoms with van der Waals surface area (Å²) < 4.78 is 4.89. The molecule has 1 atom stereocenters. The van der Waals surface area contributed by atoms with Crippen molar-refractivity contribution in [3.63, 3.8) is 0 Å². The van der Waals surface area contributed by atoms with Gasteiger partial charge in [-0.3, -0.25) is 0 Å². The monoisotopic (exact) mass is 754 g/mol. The summed E-state index contributed by atoms with van der Waals surface area (Å²) in [5.74, 6) is 0. The van der Waals surface area contributed by atoms with Crippen LogP contribution in [-0.2, 0) is 5.41 Å². The van der Waals surface area contributed by atoms with Crippen molar-refractivity contribution in [2.24, 2.45) is 0 Å². The van der Waals surface area contributed by atoms with Crippen LogP contribution in [-0.4, -0.2) is 9.13 Å². The van der Waals surface area contributed by atoms with Crippen molar-refractivity contribution in [3.05, 3.63) is 229 Å². The van der Waals surface area contributed by atoms with Gasteiger partial charge in [-0.25, -0.2) is 0 Å². The molecule has 13 rings (SSSR count). The third-order valence-corrected chi connectivity index (χ3v) is 14.0. The lowest BCUT2D eigenvalue weighted by Crippen LogP contribution is -2.37. The summed E-state index contributed by atoms with van der Waals surface area (Å²) in [6.07, 6.45) is 0. The third kappa shape index (κ3) is 4.23. The molecule has 1 unspecified atom stereocenters. The first-order valence-corrected chi connectivity index (χ1v) is 20.8. The first-order valence-electron chi connectivity index (χ1n) is 20.0. The molecular formula is C55H34N2S. The van der Waals surface area contributed by atoms with Gasteiger partial charge in [0.15, 0.2) is 0 Å². The van der Waals surface area contributed by atoms with Crippen molar-refractivity contribution in [1.82, 2.24) is 9.13 Å². The predicted octanol–water partition coefficient (Wildman–Crippen LogP) is 14.4. The standard InChI is InChI=1S/C55H34N2S/c1-6-19-48-40(12-1)41-13-2-7-20-49(41)56(48)39-31-28-36(29-32-39)35-24-26-37(27-25-35)38-30-33-53-47(34-38)55(45-17-5-10-23-52(45)58-53)44-16-4-9-22-51(44)57-50-21-8-3-14-42(50)43-15-11-18-46(55)54(43)57/h1-34H. The van der Waals surface area contributed by atoms with Gasteiger partial charge in [-0.05, 0) is 99.1 Å². The molecule has 0 aliphatic carbocycles. The normalized spacial score (nSPS) is 15.2. The summed E-state index contributed by atoms with van der Waals surface area (Å²) in [5.41, 5.74) is 17.1. The molecule has 1 spiro atoms. The van der Waals surface area contributed by atoms with E-state index in [1.807, 2.05) is 11.8 Å². The number of hydrogen-bond donors (Lipinski definition) is 0. The molecule has 270 valence electrons. The van der Waals surface area contributed by atoms with E-state index in [0.29, 0.717) is 0 Å². The Kier molecular flexibility index (Phi) is 6.62. The van der Waals surface area contributed by atoms with Gasteiger partial charge in [0.2, 0.25) is 0 Å². The number of para-hydroxylation sites is 5. The molecular weight excluding hydrogens is 721 g/mol. The number of hydrogen-bond acceptors (Lipinski definition) is 1. The summed E-state index contributed by atoms with van der Waals surface area (Å²) in [6, 6.07) is 76.7. The Balaban J connectivity index is 0.948. The molecule has 0 amide bonds. The van der Waals surface area contributed by atoms with Crippen molar-refractivity contribution in [2.75, 3.05) is 0 Å². The largest absolute Gasteiger partial charge is 0.309 e. The number of aromatic nitrogens is 2. The number of rotatable bonds is 3. The number of fused-ring (bicyclic) bond motifs is 14. The minimum Gasteiger partial charge on any atom is -0.309 e. The van der Waals surface area contributed by atoms with E-state index >= 15 is 0 Å². The van der Waals surface area contributed by atoms with Crippen molar-refractivity contribution in [2.45, 2.75) is 15.2 Å². The van der Waals surface area contributed by atoms with Crippen molar-refractivity contribution in [3.8, 4) is 33.6 Å². The minimum absolute atomic E-state index is 0.494. The summed E-state index contributed by atoms with van der Waals surface area (Å²) in [6.45, 7) is 0. The number of benzene rings is 9. The highest BCUT2D eigenvalue weighted by atomic mass is 32.2.